The van der Waals surface area contributed by atoms with E-state index in [4.69, 9.17) is 5.26 Å². The van der Waals surface area contributed by atoms with Crippen molar-refractivity contribution in [2.45, 2.75) is 25.7 Å². The minimum atomic E-state index is -0.139. The second kappa shape index (κ2) is 3.74. The van der Waals surface area contributed by atoms with Crippen molar-refractivity contribution in [3.63, 3.8) is 0 Å². The van der Waals surface area contributed by atoms with Crippen LogP contribution in [0.5, 0.6) is 0 Å². The lowest BCUT2D eigenvalue weighted by molar-refractivity contribution is -0.117. The lowest BCUT2D eigenvalue weighted by atomic mass is 9.95. The highest BCUT2D eigenvalue weighted by molar-refractivity contribution is 6.02. The van der Waals surface area contributed by atoms with Crippen LogP contribution in [0.4, 0.5) is 5.69 Å². The summed E-state index contributed by atoms with van der Waals surface area (Å²) in [5, 5.41) is 11.4. The molecule has 1 N–H and O–H groups in total. The second-order valence-electron chi connectivity index (χ2n) is 3.83. The highest BCUT2D eigenvalue weighted by atomic mass is 16.2. The van der Waals surface area contributed by atoms with Gasteiger partial charge in [-0.1, -0.05) is 17.7 Å². The van der Waals surface area contributed by atoms with Gasteiger partial charge in [-0.05, 0) is 25.0 Å². The van der Waals surface area contributed by atoms with Crippen LogP contribution in [0.3, 0.4) is 0 Å². The number of hydrogen-bond acceptors (Lipinski definition) is 2. The third kappa shape index (κ3) is 1.71. The fourth-order valence-electron chi connectivity index (χ4n) is 1.94. The Kier molecular flexibility index (Phi) is 2.42. The molecule has 1 unspecified atom stereocenters. The molecule has 2 rings (SSSR count). The fourth-order valence-corrected chi connectivity index (χ4v) is 1.94. The number of rotatable bonds is 2. The zero-order valence-electron chi connectivity index (χ0n) is 8.58. The average Bonchev–Trinajstić information content (AvgIpc) is 2.51. The minimum absolute atomic E-state index is 0.0193. The van der Waals surface area contributed by atoms with Gasteiger partial charge in [0.05, 0.1) is 12.0 Å². The molecule has 1 aliphatic rings. The number of fused-ring (bicyclic) bond motifs is 1. The van der Waals surface area contributed by atoms with Gasteiger partial charge < -0.3 is 5.32 Å². The first-order valence-corrected chi connectivity index (χ1v) is 5.00. The first-order chi connectivity index (χ1) is 7.22. The van der Waals surface area contributed by atoms with Crippen LogP contribution in [-0.4, -0.2) is 5.91 Å². The van der Waals surface area contributed by atoms with Crippen molar-refractivity contribution in [2.75, 3.05) is 5.32 Å². The van der Waals surface area contributed by atoms with Gasteiger partial charge in [-0.2, -0.15) is 5.26 Å². The Morgan fingerprint density at radius 2 is 2.33 bits per heavy atom. The number of aryl methyl sites for hydroxylation is 1. The molecular weight excluding hydrogens is 188 g/mol. The van der Waals surface area contributed by atoms with Crippen LogP contribution in [0.25, 0.3) is 0 Å². The fraction of sp³-hybridized carbons (Fsp3) is 0.333. The Labute approximate surface area is 88.7 Å². The summed E-state index contributed by atoms with van der Waals surface area (Å²) in [5.41, 5.74) is 3.08. The van der Waals surface area contributed by atoms with Crippen molar-refractivity contribution in [1.82, 2.24) is 0 Å². The minimum Gasteiger partial charge on any atom is -0.325 e. The molecule has 0 spiro atoms. The average molecular weight is 200 g/mol. The molecule has 1 aliphatic heterocycles. The van der Waals surface area contributed by atoms with Gasteiger partial charge in [0.25, 0.3) is 0 Å². The molecule has 3 heteroatoms. The van der Waals surface area contributed by atoms with Crippen molar-refractivity contribution in [3.8, 4) is 6.07 Å². The number of nitriles is 1. The van der Waals surface area contributed by atoms with Gasteiger partial charge in [0.2, 0.25) is 5.91 Å². The normalized spacial score (nSPS) is 18.1. The number of anilines is 1. The highest BCUT2D eigenvalue weighted by Crippen LogP contribution is 2.35. The first kappa shape index (κ1) is 9.72. The van der Waals surface area contributed by atoms with Crippen LogP contribution in [0, 0.1) is 18.3 Å². The maximum atomic E-state index is 11.6. The van der Waals surface area contributed by atoms with E-state index in [2.05, 4.69) is 11.4 Å². The van der Waals surface area contributed by atoms with E-state index < -0.39 is 0 Å². The van der Waals surface area contributed by atoms with E-state index in [9.17, 15) is 4.79 Å². The van der Waals surface area contributed by atoms with Crippen LogP contribution in [0.15, 0.2) is 18.2 Å². The van der Waals surface area contributed by atoms with E-state index in [1.54, 1.807) is 0 Å². The molecule has 3 nitrogen and oxygen atoms in total. The lowest BCUT2D eigenvalue weighted by Gasteiger charge is -2.06. The number of carbonyl (C=O) groups is 1. The van der Waals surface area contributed by atoms with E-state index in [1.165, 1.54) is 0 Å². The topological polar surface area (TPSA) is 52.9 Å². The van der Waals surface area contributed by atoms with Crippen molar-refractivity contribution >= 4 is 11.6 Å². The maximum Gasteiger partial charge on any atom is 0.232 e. The molecule has 1 atom stereocenters. The summed E-state index contributed by atoms with van der Waals surface area (Å²) in [7, 11) is 0. The first-order valence-electron chi connectivity index (χ1n) is 5.00. The Balaban J connectivity index is 2.32. The number of amides is 1. The summed E-state index contributed by atoms with van der Waals surface area (Å²) < 4.78 is 0. The van der Waals surface area contributed by atoms with E-state index in [-0.39, 0.29) is 11.8 Å². The number of hydrogen-bond donors (Lipinski definition) is 1. The Morgan fingerprint density at radius 1 is 1.53 bits per heavy atom. The standard InChI is InChI=1S/C12H12N2O/c1-8-4-5-11-10(7-8)9(3-2-6-13)12(15)14-11/h4-5,7,9H,2-3H2,1H3,(H,14,15). The van der Waals surface area contributed by atoms with Crippen LogP contribution in [0.1, 0.15) is 29.9 Å². The SMILES string of the molecule is Cc1ccc2c(c1)C(CCC#N)C(=O)N2. The summed E-state index contributed by atoms with van der Waals surface area (Å²) in [6, 6.07) is 8.01. The second-order valence-corrected chi connectivity index (χ2v) is 3.83. The van der Waals surface area contributed by atoms with Crippen LogP contribution < -0.4 is 5.32 Å². The van der Waals surface area contributed by atoms with Gasteiger partial charge in [0.15, 0.2) is 0 Å². The monoisotopic (exact) mass is 200 g/mol. The number of nitrogens with one attached hydrogen (secondary N) is 1. The molecule has 1 heterocycles. The Bertz CT molecular complexity index is 445. The predicted molar refractivity (Wildman–Crippen MR) is 57.4 cm³/mol. The zero-order chi connectivity index (χ0) is 10.8. The molecule has 0 fully saturated rings. The zero-order valence-corrected chi connectivity index (χ0v) is 8.58. The molecule has 0 aliphatic carbocycles. The van der Waals surface area contributed by atoms with E-state index >= 15 is 0 Å². The number of benzene rings is 1. The third-order valence-corrected chi connectivity index (χ3v) is 2.70. The van der Waals surface area contributed by atoms with Gasteiger partial charge in [0.1, 0.15) is 0 Å². The van der Waals surface area contributed by atoms with E-state index in [1.807, 2.05) is 25.1 Å². The molecule has 0 aromatic heterocycles. The molecule has 0 saturated heterocycles. The molecule has 0 saturated carbocycles. The summed E-state index contributed by atoms with van der Waals surface area (Å²) in [6.07, 6.45) is 1.03. The smallest absolute Gasteiger partial charge is 0.232 e. The molecule has 0 radical (unpaired) electrons. The van der Waals surface area contributed by atoms with Gasteiger partial charge in [0, 0.05) is 12.1 Å². The molecule has 76 valence electrons. The summed E-state index contributed by atoms with van der Waals surface area (Å²) in [4.78, 5) is 11.6. The molecule has 1 aromatic rings. The van der Waals surface area contributed by atoms with Gasteiger partial charge in [-0.15, -0.1) is 0 Å². The third-order valence-electron chi connectivity index (χ3n) is 2.70. The van der Waals surface area contributed by atoms with E-state index in [0.29, 0.717) is 12.8 Å². The van der Waals surface area contributed by atoms with Crippen LogP contribution in [0.2, 0.25) is 0 Å². The maximum absolute atomic E-state index is 11.6. The summed E-state index contributed by atoms with van der Waals surface area (Å²) in [5.74, 6) is -0.120. The lowest BCUT2D eigenvalue weighted by Crippen LogP contribution is -2.11. The van der Waals surface area contributed by atoms with Crippen molar-refractivity contribution in [1.29, 1.82) is 5.26 Å². The van der Waals surface area contributed by atoms with Crippen LogP contribution >= 0.6 is 0 Å². The molecular formula is C12H12N2O. The molecule has 1 amide bonds. The highest BCUT2D eigenvalue weighted by Gasteiger charge is 2.29. The number of carbonyl (C=O) groups excluding carboxylic acids is 1. The van der Waals surface area contributed by atoms with Gasteiger partial charge in [-0.3, -0.25) is 4.79 Å². The Morgan fingerprint density at radius 3 is 3.07 bits per heavy atom. The molecule has 15 heavy (non-hydrogen) atoms. The van der Waals surface area contributed by atoms with Gasteiger partial charge in [-0.25, -0.2) is 0 Å². The summed E-state index contributed by atoms with van der Waals surface area (Å²) >= 11 is 0. The van der Waals surface area contributed by atoms with E-state index in [0.717, 1.165) is 16.8 Å². The molecule has 1 aromatic carbocycles. The largest absolute Gasteiger partial charge is 0.325 e. The summed E-state index contributed by atoms with van der Waals surface area (Å²) in [6.45, 7) is 2.00. The predicted octanol–water partition coefficient (Wildman–Crippen LogP) is 2.33. The van der Waals surface area contributed by atoms with Crippen molar-refractivity contribution < 1.29 is 4.79 Å². The molecule has 0 bridgehead atoms. The van der Waals surface area contributed by atoms with Crippen molar-refractivity contribution in [3.05, 3.63) is 29.3 Å². The van der Waals surface area contributed by atoms with Crippen molar-refractivity contribution in [2.24, 2.45) is 0 Å². The van der Waals surface area contributed by atoms with Crippen LogP contribution in [-0.2, 0) is 4.79 Å². The Hall–Kier alpha value is -1.82. The van der Waals surface area contributed by atoms with Gasteiger partial charge >= 0.3 is 0 Å². The quantitative estimate of drug-likeness (QED) is 0.796. The number of nitrogens with zero attached hydrogens (tertiary/aromatic N) is 1.